The number of ether oxygens (including phenoxy) is 1. The summed E-state index contributed by atoms with van der Waals surface area (Å²) in [5, 5.41) is 9.19. The summed E-state index contributed by atoms with van der Waals surface area (Å²) in [6.07, 6.45) is 0. The largest absolute Gasteiger partial charge is 0.462 e. The summed E-state index contributed by atoms with van der Waals surface area (Å²) in [6, 6.07) is 4.91. The van der Waals surface area contributed by atoms with Crippen molar-refractivity contribution in [1.29, 1.82) is 0 Å². The van der Waals surface area contributed by atoms with Gasteiger partial charge in [-0.3, -0.25) is 0 Å². The monoisotopic (exact) mass is 315 g/mol. The van der Waals surface area contributed by atoms with Crippen LogP contribution in [0.4, 0.5) is 0 Å². The molecule has 0 fully saturated rings. The van der Waals surface area contributed by atoms with Gasteiger partial charge in [0.1, 0.15) is 0 Å². The first-order valence-electron chi connectivity index (χ1n) is 6.72. The van der Waals surface area contributed by atoms with Crippen LogP contribution in [0.5, 0.6) is 0 Å². The first-order valence-corrected chi connectivity index (χ1v) is 8.20. The Morgan fingerprint density at radius 3 is 2.29 bits per heavy atom. The molecule has 0 saturated heterocycles. The molecular formula is C14H21NO5S. The number of hydrogen-bond donors (Lipinski definition) is 2. The van der Waals surface area contributed by atoms with Gasteiger partial charge in [0.15, 0.2) is 0 Å². The molecule has 0 aliphatic rings. The minimum atomic E-state index is -3.73. The minimum absolute atomic E-state index is 0.0367. The number of carbonyl (C=O) groups excluding carboxylic acids is 1. The third kappa shape index (κ3) is 4.80. The molecule has 21 heavy (non-hydrogen) atoms. The molecule has 118 valence electrons. The van der Waals surface area contributed by atoms with Gasteiger partial charge in [0, 0.05) is 6.04 Å². The van der Waals surface area contributed by atoms with Crippen LogP contribution in [0.15, 0.2) is 29.2 Å². The summed E-state index contributed by atoms with van der Waals surface area (Å²) in [5.74, 6) is -0.534. The number of benzene rings is 1. The lowest BCUT2D eigenvalue weighted by Gasteiger charge is -2.19. The van der Waals surface area contributed by atoms with E-state index in [9.17, 15) is 18.3 Å². The molecule has 1 atom stereocenters. The zero-order valence-corrected chi connectivity index (χ0v) is 13.2. The Kier molecular flexibility index (Phi) is 6.32. The van der Waals surface area contributed by atoms with Gasteiger partial charge in [-0.25, -0.2) is 17.9 Å². The van der Waals surface area contributed by atoms with Crippen LogP contribution in [0.3, 0.4) is 0 Å². The van der Waals surface area contributed by atoms with E-state index in [2.05, 4.69) is 4.72 Å². The highest BCUT2D eigenvalue weighted by Crippen LogP contribution is 2.13. The molecule has 0 heterocycles. The number of hydrogen-bond acceptors (Lipinski definition) is 5. The Morgan fingerprint density at radius 1 is 1.29 bits per heavy atom. The van der Waals surface area contributed by atoms with Crippen LogP contribution in [0.1, 0.15) is 31.1 Å². The second kappa shape index (κ2) is 7.53. The van der Waals surface area contributed by atoms with Crippen molar-refractivity contribution in [1.82, 2.24) is 4.72 Å². The van der Waals surface area contributed by atoms with Crippen molar-refractivity contribution < 1.29 is 23.1 Å². The van der Waals surface area contributed by atoms with E-state index in [1.165, 1.54) is 24.3 Å². The van der Waals surface area contributed by atoms with Crippen molar-refractivity contribution in [2.75, 3.05) is 13.2 Å². The Bertz CT molecular complexity index is 566. The molecule has 0 saturated carbocycles. The molecule has 0 radical (unpaired) electrons. The lowest BCUT2D eigenvalue weighted by molar-refractivity contribution is 0.0526. The Hall–Kier alpha value is -1.44. The van der Waals surface area contributed by atoms with Gasteiger partial charge in [0.25, 0.3) is 0 Å². The second-order valence-electron chi connectivity index (χ2n) is 4.90. The standard InChI is InChI=1S/C14H21NO5S/c1-4-20-14(17)11-5-7-12(8-6-11)21(18,19)15-13(9-16)10(2)3/h5-8,10,13,15-16H,4,9H2,1-3H3/t13-/m1/s1. The highest BCUT2D eigenvalue weighted by atomic mass is 32.2. The summed E-state index contributed by atoms with van der Waals surface area (Å²) in [5.41, 5.74) is 0.290. The average Bonchev–Trinajstić information content (AvgIpc) is 2.45. The number of aliphatic hydroxyl groups is 1. The summed E-state index contributed by atoms with van der Waals surface area (Å²) in [7, 11) is -3.73. The number of rotatable bonds is 7. The van der Waals surface area contributed by atoms with E-state index >= 15 is 0 Å². The van der Waals surface area contributed by atoms with Crippen molar-refractivity contribution >= 4 is 16.0 Å². The summed E-state index contributed by atoms with van der Waals surface area (Å²) >= 11 is 0. The number of sulfonamides is 1. The highest BCUT2D eigenvalue weighted by molar-refractivity contribution is 7.89. The zero-order chi connectivity index (χ0) is 16.0. The van der Waals surface area contributed by atoms with Crippen LogP contribution in [0, 0.1) is 5.92 Å². The molecule has 0 unspecified atom stereocenters. The third-order valence-electron chi connectivity index (χ3n) is 2.98. The van der Waals surface area contributed by atoms with E-state index in [1.54, 1.807) is 6.92 Å². The van der Waals surface area contributed by atoms with Gasteiger partial charge in [-0.1, -0.05) is 13.8 Å². The van der Waals surface area contributed by atoms with Gasteiger partial charge in [-0.15, -0.1) is 0 Å². The fourth-order valence-corrected chi connectivity index (χ4v) is 3.01. The van der Waals surface area contributed by atoms with Gasteiger partial charge in [-0.2, -0.15) is 0 Å². The maximum Gasteiger partial charge on any atom is 0.338 e. The van der Waals surface area contributed by atoms with Gasteiger partial charge >= 0.3 is 5.97 Å². The molecule has 0 aromatic heterocycles. The maximum atomic E-state index is 12.2. The fourth-order valence-electron chi connectivity index (χ4n) is 1.64. The number of carbonyl (C=O) groups is 1. The lowest BCUT2D eigenvalue weighted by Crippen LogP contribution is -2.41. The van der Waals surface area contributed by atoms with Crippen LogP contribution in [-0.4, -0.2) is 38.7 Å². The van der Waals surface area contributed by atoms with E-state index in [1.807, 2.05) is 13.8 Å². The lowest BCUT2D eigenvalue weighted by atomic mass is 10.1. The normalized spacial score (nSPS) is 13.2. The third-order valence-corrected chi connectivity index (χ3v) is 4.49. The van der Waals surface area contributed by atoms with Crippen molar-refractivity contribution in [2.45, 2.75) is 31.7 Å². The number of esters is 1. The Balaban J connectivity index is 2.92. The molecule has 7 heteroatoms. The van der Waals surface area contributed by atoms with Crippen LogP contribution in [0.25, 0.3) is 0 Å². The SMILES string of the molecule is CCOC(=O)c1ccc(S(=O)(=O)N[C@H](CO)C(C)C)cc1. The molecule has 0 bridgehead atoms. The van der Waals surface area contributed by atoms with Crippen molar-refractivity contribution in [3.63, 3.8) is 0 Å². The van der Waals surface area contributed by atoms with Crippen LogP contribution in [-0.2, 0) is 14.8 Å². The van der Waals surface area contributed by atoms with Crippen LogP contribution < -0.4 is 4.72 Å². The Morgan fingerprint density at radius 2 is 1.86 bits per heavy atom. The molecule has 1 aromatic carbocycles. The molecule has 2 N–H and O–H groups in total. The van der Waals surface area contributed by atoms with E-state index in [0.717, 1.165) is 0 Å². The second-order valence-corrected chi connectivity index (χ2v) is 6.61. The van der Waals surface area contributed by atoms with Gasteiger partial charge in [0.2, 0.25) is 10.0 Å². The van der Waals surface area contributed by atoms with Crippen LogP contribution in [0.2, 0.25) is 0 Å². The first-order chi connectivity index (χ1) is 9.81. The average molecular weight is 315 g/mol. The first kappa shape index (κ1) is 17.6. The fraction of sp³-hybridized carbons (Fsp3) is 0.500. The molecule has 6 nitrogen and oxygen atoms in total. The topological polar surface area (TPSA) is 92.7 Å². The molecular weight excluding hydrogens is 294 g/mol. The predicted octanol–water partition coefficient (Wildman–Crippen LogP) is 1.16. The summed E-state index contributed by atoms with van der Waals surface area (Å²) in [6.45, 7) is 5.30. The minimum Gasteiger partial charge on any atom is -0.462 e. The van der Waals surface area contributed by atoms with Crippen molar-refractivity contribution in [3.05, 3.63) is 29.8 Å². The molecule has 1 rings (SSSR count). The van der Waals surface area contributed by atoms with Crippen LogP contribution >= 0.6 is 0 Å². The molecule has 0 aliphatic heterocycles. The van der Waals surface area contributed by atoms with E-state index in [0.29, 0.717) is 5.56 Å². The molecule has 1 aromatic rings. The summed E-state index contributed by atoms with van der Waals surface area (Å²) in [4.78, 5) is 11.5. The Labute approximate surface area is 125 Å². The van der Waals surface area contributed by atoms with E-state index in [-0.39, 0.29) is 24.0 Å². The van der Waals surface area contributed by atoms with Gasteiger partial charge in [0.05, 0.1) is 23.7 Å². The predicted molar refractivity (Wildman–Crippen MR) is 78.4 cm³/mol. The molecule has 0 spiro atoms. The molecule has 0 aliphatic carbocycles. The van der Waals surface area contributed by atoms with Crippen molar-refractivity contribution in [2.24, 2.45) is 5.92 Å². The summed E-state index contributed by atoms with van der Waals surface area (Å²) < 4.78 is 31.6. The van der Waals surface area contributed by atoms with Gasteiger partial charge < -0.3 is 9.84 Å². The highest BCUT2D eigenvalue weighted by Gasteiger charge is 2.22. The quantitative estimate of drug-likeness (QED) is 0.737. The van der Waals surface area contributed by atoms with Crippen molar-refractivity contribution in [3.8, 4) is 0 Å². The number of aliphatic hydroxyl groups excluding tert-OH is 1. The zero-order valence-electron chi connectivity index (χ0n) is 12.4. The number of nitrogens with one attached hydrogen (secondary N) is 1. The van der Waals surface area contributed by atoms with Gasteiger partial charge in [-0.05, 0) is 37.1 Å². The maximum absolute atomic E-state index is 12.2. The molecule has 0 amide bonds. The van der Waals surface area contributed by atoms with E-state index in [4.69, 9.17) is 4.74 Å². The van der Waals surface area contributed by atoms with E-state index < -0.39 is 22.0 Å². The smallest absolute Gasteiger partial charge is 0.338 e.